The summed E-state index contributed by atoms with van der Waals surface area (Å²) in [5.41, 5.74) is -3.57. The first kappa shape index (κ1) is 63.5. The van der Waals surface area contributed by atoms with Gasteiger partial charge in [-0.25, -0.2) is 9.59 Å². The Bertz CT molecular complexity index is 2560. The van der Waals surface area contributed by atoms with E-state index in [9.17, 15) is 45.2 Å². The van der Waals surface area contributed by atoms with Crippen molar-refractivity contribution in [3.8, 4) is 0 Å². The van der Waals surface area contributed by atoms with Crippen LogP contribution >= 0.6 is 0 Å². The van der Waals surface area contributed by atoms with E-state index in [0.29, 0.717) is 17.6 Å². The Hall–Kier alpha value is -3.98. The van der Waals surface area contributed by atoms with Gasteiger partial charge in [-0.1, -0.05) is 70.6 Å². The number of fused-ring (bicyclic) bond motifs is 4. The number of nitrogens with zero attached hydrogens (tertiary/aromatic N) is 1. The number of alkyl carbamates (subject to hydrolysis) is 1. The minimum absolute atomic E-state index is 0.0355. The SMILES string of the molecule is COC(=O)N[C@H]1[C@@H](C)O[C@@H](O[C@H]2C/C=C(\C)[C@@H]3C=C[C@@H]4[C@@H](O[C@H]5C[C@@H](O[C@H]6C[C@H](O)[C@H](O[C@@H]7C[C@@H](O)[C@@H](C)[C@H](C)O7)[C@@H](C)O6)[C@@H](O)[C@H](C)O5)[C@@H](C)C[C@H](C)[C@H]4[C@]3(C)C(O)=C3C(=O)O[C@]4(C[C@@H](C)C(C=O)=C[C@H]4/C=C/2C)C3=O)C[C@]1(C)N([O-])O. The highest BCUT2D eigenvalue weighted by Gasteiger charge is 2.64. The fraction of sp³-hybridized carbons (Fsp3) is 0.770. The van der Waals surface area contributed by atoms with E-state index in [1.165, 1.54) is 14.0 Å². The van der Waals surface area contributed by atoms with Crippen molar-refractivity contribution in [1.29, 1.82) is 0 Å². The first-order valence-electron chi connectivity index (χ1n) is 29.8. The molecule has 5 heterocycles. The van der Waals surface area contributed by atoms with Crippen molar-refractivity contribution < 1.29 is 92.2 Å². The van der Waals surface area contributed by atoms with Gasteiger partial charge in [-0.2, -0.15) is 0 Å². The summed E-state index contributed by atoms with van der Waals surface area (Å²) >= 11 is 0. The summed E-state index contributed by atoms with van der Waals surface area (Å²) in [5, 5.41) is 72.6. The zero-order chi connectivity index (χ0) is 60.5. The molecule has 0 aromatic heterocycles. The molecule has 22 heteroatoms. The molecular weight excluding hydrogens is 1080 g/mol. The van der Waals surface area contributed by atoms with E-state index in [4.69, 9.17) is 47.4 Å². The van der Waals surface area contributed by atoms with Crippen LogP contribution in [0.15, 0.2) is 58.4 Å². The molecule has 9 rings (SSSR count). The summed E-state index contributed by atoms with van der Waals surface area (Å²) in [6, 6.07) is -1.03. The van der Waals surface area contributed by atoms with E-state index in [2.05, 4.69) is 25.2 Å². The molecule has 9 aliphatic rings. The summed E-state index contributed by atoms with van der Waals surface area (Å²) in [5.74, 6) is -5.38. The summed E-state index contributed by atoms with van der Waals surface area (Å²) < 4.78 is 62.6. The molecule has 0 aromatic rings. The minimum Gasteiger partial charge on any atom is -0.762 e. The average molecular weight is 1170 g/mol. The Kier molecular flexibility index (Phi) is 18.9. The number of hydrogen-bond acceptors (Lipinski definition) is 21. The van der Waals surface area contributed by atoms with Crippen molar-refractivity contribution in [2.75, 3.05) is 7.11 Å². The van der Waals surface area contributed by atoms with E-state index in [-0.39, 0.29) is 67.6 Å². The first-order chi connectivity index (χ1) is 39.1. The number of aliphatic hydroxyl groups excluding tert-OH is 4. The molecule has 5 aliphatic heterocycles. The molecule has 0 radical (unpaired) electrons. The van der Waals surface area contributed by atoms with Gasteiger partial charge in [0.1, 0.15) is 29.8 Å². The largest absolute Gasteiger partial charge is 0.762 e. The summed E-state index contributed by atoms with van der Waals surface area (Å²) in [6.45, 7) is 21.9. The number of rotatable bonds is 11. The zero-order valence-corrected chi connectivity index (χ0v) is 50.1. The van der Waals surface area contributed by atoms with Gasteiger partial charge in [0, 0.05) is 61.2 Å². The molecule has 6 fully saturated rings. The van der Waals surface area contributed by atoms with Crippen molar-refractivity contribution in [2.24, 2.45) is 52.8 Å². The molecule has 1 spiro atoms. The van der Waals surface area contributed by atoms with Crippen LogP contribution in [0.1, 0.15) is 128 Å². The lowest BCUT2D eigenvalue weighted by Crippen LogP contribution is -2.67. The molecule has 0 unspecified atom stereocenters. The first-order valence-corrected chi connectivity index (χ1v) is 29.8. The molecule has 22 nitrogen and oxygen atoms in total. The molecule has 0 aromatic carbocycles. The minimum atomic E-state index is -1.86. The van der Waals surface area contributed by atoms with Gasteiger partial charge in [-0.05, 0) is 96.1 Å². The van der Waals surface area contributed by atoms with E-state index < -0.39 is 168 Å². The van der Waals surface area contributed by atoms with E-state index in [0.717, 1.165) is 11.9 Å². The van der Waals surface area contributed by atoms with Gasteiger partial charge in [0.2, 0.25) is 5.78 Å². The average Bonchev–Trinajstić information content (AvgIpc) is 1.83. The fourth-order valence-electron chi connectivity index (χ4n) is 15.5. The van der Waals surface area contributed by atoms with Gasteiger partial charge >= 0.3 is 12.1 Å². The van der Waals surface area contributed by atoms with Crippen molar-refractivity contribution in [2.45, 2.75) is 238 Å². The topological polar surface area (TPSA) is 300 Å². The lowest BCUT2D eigenvalue weighted by Gasteiger charge is -2.56. The van der Waals surface area contributed by atoms with Crippen LogP contribution in [-0.4, -0.2) is 172 Å². The van der Waals surface area contributed by atoms with Gasteiger partial charge in [-0.3, -0.25) is 14.8 Å². The van der Waals surface area contributed by atoms with Crippen LogP contribution in [-0.2, 0) is 61.8 Å². The normalized spacial score (nSPS) is 49.0. The van der Waals surface area contributed by atoms with E-state index in [1.807, 2.05) is 39.8 Å². The second-order valence-corrected chi connectivity index (χ2v) is 26.0. The quantitative estimate of drug-likeness (QED) is 0.0434. The molecule has 27 atom stereocenters. The number of hydrogen-bond donors (Lipinski definition) is 6. The summed E-state index contributed by atoms with van der Waals surface area (Å²) in [4.78, 5) is 55.3. The lowest BCUT2D eigenvalue weighted by molar-refractivity contribution is -0.333. The number of Topliss-reactive ketones (excluding diaryl/α,β-unsaturated/α-hetero) is 1. The van der Waals surface area contributed by atoms with Gasteiger partial charge in [0.25, 0.3) is 0 Å². The van der Waals surface area contributed by atoms with Crippen LogP contribution in [0.3, 0.4) is 0 Å². The third-order valence-electron chi connectivity index (χ3n) is 20.4. The Balaban J connectivity index is 1.02. The fourth-order valence-corrected chi connectivity index (χ4v) is 15.5. The van der Waals surface area contributed by atoms with Crippen LogP contribution in [0.4, 0.5) is 4.79 Å². The number of methoxy groups -OCH3 is 1. The zero-order valence-electron chi connectivity index (χ0n) is 50.1. The number of allylic oxidation sites excluding steroid dienone is 4. The highest BCUT2D eigenvalue weighted by Crippen LogP contribution is 2.61. The van der Waals surface area contributed by atoms with Crippen molar-refractivity contribution in [1.82, 2.24) is 10.5 Å². The number of carbonyl (C=O) groups is 4. The molecule has 6 N–H and O–H groups in total. The Labute approximate surface area is 486 Å². The van der Waals surface area contributed by atoms with Gasteiger partial charge in [0.15, 0.2) is 30.8 Å². The number of amides is 1. The number of aldehydes is 1. The maximum absolute atomic E-state index is 15.5. The molecule has 83 heavy (non-hydrogen) atoms. The van der Waals surface area contributed by atoms with Crippen LogP contribution in [0.2, 0.25) is 0 Å². The molecule has 4 aliphatic carbocycles. The highest BCUT2D eigenvalue weighted by molar-refractivity contribution is 6.26. The monoisotopic (exact) mass is 1170 g/mol. The summed E-state index contributed by atoms with van der Waals surface area (Å²) in [6.07, 6.45) is -1.60. The number of carbonyl (C=O) groups excluding carboxylic acids is 4. The van der Waals surface area contributed by atoms with Crippen molar-refractivity contribution >= 4 is 24.1 Å². The molecule has 2 bridgehead atoms. The number of ketones is 1. The summed E-state index contributed by atoms with van der Waals surface area (Å²) in [7, 11) is 1.18. The van der Waals surface area contributed by atoms with Crippen molar-refractivity contribution in [3.05, 3.63) is 63.6 Å². The smallest absolute Gasteiger partial charge is 0.407 e. The van der Waals surface area contributed by atoms with Crippen LogP contribution in [0.5, 0.6) is 0 Å². The number of hydroxylamine groups is 2. The third-order valence-corrected chi connectivity index (χ3v) is 20.4. The highest BCUT2D eigenvalue weighted by atomic mass is 16.8. The van der Waals surface area contributed by atoms with Crippen LogP contribution in [0, 0.1) is 58.0 Å². The lowest BCUT2D eigenvalue weighted by atomic mass is 9.49. The van der Waals surface area contributed by atoms with Crippen LogP contribution < -0.4 is 5.32 Å². The number of nitrogens with one attached hydrogen (secondary N) is 1. The third kappa shape index (κ3) is 11.9. The second kappa shape index (κ2) is 24.7. The molecule has 1 saturated carbocycles. The number of aliphatic hydroxyl groups is 4. The predicted molar refractivity (Wildman–Crippen MR) is 295 cm³/mol. The molecule has 5 saturated heterocycles. The van der Waals surface area contributed by atoms with E-state index >= 15 is 4.79 Å². The second-order valence-electron chi connectivity index (χ2n) is 26.0. The number of ether oxygens (including phenoxy) is 10. The van der Waals surface area contributed by atoms with E-state index in [1.54, 1.807) is 46.8 Å². The van der Waals surface area contributed by atoms with Crippen LogP contribution in [0.25, 0.3) is 0 Å². The number of esters is 1. The Morgan fingerprint density at radius 3 is 2.07 bits per heavy atom. The Morgan fingerprint density at radius 1 is 0.771 bits per heavy atom. The van der Waals surface area contributed by atoms with Crippen molar-refractivity contribution in [3.63, 3.8) is 0 Å². The maximum atomic E-state index is 15.5. The predicted octanol–water partition coefficient (Wildman–Crippen LogP) is 6.31. The molecule has 1 amide bonds. The maximum Gasteiger partial charge on any atom is 0.407 e. The Morgan fingerprint density at radius 2 is 1.41 bits per heavy atom. The van der Waals surface area contributed by atoms with Gasteiger partial charge in [-0.15, -0.1) is 0 Å². The van der Waals surface area contributed by atoms with Gasteiger partial charge in [0.05, 0.1) is 73.6 Å². The molecule has 464 valence electrons. The van der Waals surface area contributed by atoms with Gasteiger partial charge < -0.3 is 83.5 Å². The molecular formula is C61H89N2O20-. The standard InChI is InChI=1S/C61H89N2O20/c1-27-14-17-43(79-48-25-59(11,63(72)73)54(36(10)78-48)62-58(71)74-13)28(2)19-38-20-37(26-64)31(5)24-61(38)56(69)49(57(70)83-61)55(68)60(12)40(27)16-15-39-50(60)29(3)18-30(4)52(39)81-47-23-44(51(67)34(8)76-47)80-45-22-42(66)53(35(9)77-45)82-46-21-41(65)32(6)33(7)75-46/h14-16,19-20,26,29-36,38-48,50-54,65-68,72H,17-18,21-25H2,1-13H3,(H,62,71)/q-1/b27-14+,28-19+,55-49?/t29-,30-,31+,32-,33-,34-,35+,36+,38+,39-,40-,41+,42-,43-,44+,45-,46+,47-,48-,50+,51-,52-,53+,54-,59-,60+,61-/m0/s1.